The van der Waals surface area contributed by atoms with Crippen molar-refractivity contribution in [2.24, 2.45) is 5.73 Å². The summed E-state index contributed by atoms with van der Waals surface area (Å²) in [5, 5.41) is 19.5. The number of hydrogen-bond donors (Lipinski definition) is 2. The average Bonchev–Trinajstić information content (AvgIpc) is 2.16. The smallest absolute Gasteiger partial charge is 0.287 e. The molecule has 6 nitrogen and oxygen atoms in total. The SMILES string of the molecule is CC(O)C(N)c1ccc([N+](=O)[O-])cn1. The van der Waals surface area contributed by atoms with Crippen LogP contribution < -0.4 is 5.73 Å². The van der Waals surface area contributed by atoms with Gasteiger partial charge >= 0.3 is 0 Å². The molecule has 1 aromatic heterocycles. The molecule has 0 amide bonds. The van der Waals surface area contributed by atoms with E-state index in [1.54, 1.807) is 0 Å². The molecule has 0 saturated carbocycles. The van der Waals surface area contributed by atoms with Crippen LogP contribution in [0.4, 0.5) is 5.69 Å². The fourth-order valence-corrected chi connectivity index (χ4v) is 0.950. The Morgan fingerprint density at radius 1 is 1.64 bits per heavy atom. The maximum absolute atomic E-state index is 10.3. The minimum atomic E-state index is -0.732. The summed E-state index contributed by atoms with van der Waals surface area (Å²) in [6.45, 7) is 1.54. The Labute approximate surface area is 80.5 Å². The maximum atomic E-state index is 10.3. The van der Waals surface area contributed by atoms with Crippen LogP contribution in [0.2, 0.25) is 0 Å². The van der Waals surface area contributed by atoms with E-state index in [9.17, 15) is 10.1 Å². The fraction of sp³-hybridized carbons (Fsp3) is 0.375. The Morgan fingerprint density at radius 2 is 2.29 bits per heavy atom. The molecule has 1 aromatic rings. The number of nitrogens with zero attached hydrogens (tertiary/aromatic N) is 2. The van der Waals surface area contributed by atoms with Crippen molar-refractivity contribution in [2.75, 3.05) is 0 Å². The zero-order chi connectivity index (χ0) is 10.7. The second kappa shape index (κ2) is 4.12. The Bertz CT molecular complexity index is 323. The molecule has 0 radical (unpaired) electrons. The lowest BCUT2D eigenvalue weighted by Gasteiger charge is -2.12. The number of nitrogens with two attached hydrogens (primary N) is 1. The van der Waals surface area contributed by atoms with Crippen LogP contribution in [0.1, 0.15) is 18.7 Å². The van der Waals surface area contributed by atoms with Gasteiger partial charge in [0.25, 0.3) is 5.69 Å². The molecular formula is C8H11N3O3. The first kappa shape index (κ1) is 10.6. The van der Waals surface area contributed by atoms with Gasteiger partial charge in [-0.1, -0.05) is 0 Å². The van der Waals surface area contributed by atoms with Crippen LogP contribution in [0.15, 0.2) is 18.3 Å². The third-order valence-corrected chi connectivity index (χ3v) is 1.84. The molecule has 2 unspecified atom stereocenters. The van der Waals surface area contributed by atoms with Gasteiger partial charge in [0, 0.05) is 6.07 Å². The molecule has 76 valence electrons. The highest BCUT2D eigenvalue weighted by Crippen LogP contribution is 2.15. The van der Waals surface area contributed by atoms with Gasteiger partial charge in [0.05, 0.1) is 22.8 Å². The van der Waals surface area contributed by atoms with Crippen LogP contribution in [0.3, 0.4) is 0 Å². The standard InChI is InChI=1S/C8H11N3O3/c1-5(12)8(9)7-3-2-6(4-10-7)11(13)14/h2-5,8,12H,9H2,1H3. The Kier molecular flexibility index (Phi) is 3.10. The minimum absolute atomic E-state index is 0.0912. The normalized spacial score (nSPS) is 14.8. The van der Waals surface area contributed by atoms with Crippen molar-refractivity contribution in [3.05, 3.63) is 34.1 Å². The predicted molar refractivity (Wildman–Crippen MR) is 49.5 cm³/mol. The molecule has 0 bridgehead atoms. The third kappa shape index (κ3) is 2.24. The lowest BCUT2D eigenvalue weighted by Crippen LogP contribution is -2.24. The van der Waals surface area contributed by atoms with Gasteiger partial charge in [-0.05, 0) is 13.0 Å². The molecule has 14 heavy (non-hydrogen) atoms. The Hall–Kier alpha value is -1.53. The summed E-state index contributed by atoms with van der Waals surface area (Å²) >= 11 is 0. The largest absolute Gasteiger partial charge is 0.391 e. The number of aromatic nitrogens is 1. The topological polar surface area (TPSA) is 102 Å². The van der Waals surface area contributed by atoms with Crippen molar-refractivity contribution in [3.8, 4) is 0 Å². The highest BCUT2D eigenvalue weighted by Gasteiger charge is 2.14. The molecule has 0 aliphatic heterocycles. The molecule has 0 saturated heterocycles. The van der Waals surface area contributed by atoms with E-state index in [-0.39, 0.29) is 5.69 Å². The van der Waals surface area contributed by atoms with Crippen LogP contribution in [0, 0.1) is 10.1 Å². The van der Waals surface area contributed by atoms with E-state index in [1.807, 2.05) is 0 Å². The van der Waals surface area contributed by atoms with Crippen molar-refractivity contribution in [2.45, 2.75) is 19.1 Å². The monoisotopic (exact) mass is 197 g/mol. The number of nitro groups is 1. The molecule has 2 atom stereocenters. The highest BCUT2D eigenvalue weighted by atomic mass is 16.6. The van der Waals surface area contributed by atoms with Crippen LogP contribution in [0.5, 0.6) is 0 Å². The van der Waals surface area contributed by atoms with Crippen LogP contribution >= 0.6 is 0 Å². The quantitative estimate of drug-likeness (QED) is 0.538. The van der Waals surface area contributed by atoms with E-state index in [0.717, 1.165) is 6.20 Å². The number of pyridine rings is 1. The van der Waals surface area contributed by atoms with Crippen molar-refractivity contribution in [3.63, 3.8) is 0 Å². The predicted octanol–water partition coefficient (Wildman–Crippen LogP) is 0.370. The molecule has 1 heterocycles. The van der Waals surface area contributed by atoms with Gasteiger partial charge in [0.15, 0.2) is 0 Å². The summed E-state index contributed by atoms with van der Waals surface area (Å²) in [6.07, 6.45) is 0.390. The van der Waals surface area contributed by atoms with Crippen molar-refractivity contribution in [1.82, 2.24) is 4.98 Å². The minimum Gasteiger partial charge on any atom is -0.391 e. The molecule has 1 rings (SSSR count). The van der Waals surface area contributed by atoms with Gasteiger partial charge in [-0.3, -0.25) is 15.1 Å². The molecular weight excluding hydrogens is 186 g/mol. The van der Waals surface area contributed by atoms with Crippen molar-refractivity contribution < 1.29 is 10.0 Å². The highest BCUT2D eigenvalue weighted by molar-refractivity contribution is 5.27. The van der Waals surface area contributed by atoms with Crippen molar-refractivity contribution >= 4 is 5.69 Å². The molecule has 3 N–H and O–H groups in total. The molecule has 6 heteroatoms. The van der Waals surface area contributed by atoms with E-state index in [0.29, 0.717) is 5.69 Å². The van der Waals surface area contributed by atoms with Crippen molar-refractivity contribution in [1.29, 1.82) is 0 Å². The van der Waals surface area contributed by atoms with Gasteiger partial charge in [-0.15, -0.1) is 0 Å². The van der Waals surface area contributed by atoms with E-state index < -0.39 is 17.1 Å². The first-order chi connectivity index (χ1) is 6.52. The summed E-state index contributed by atoms with van der Waals surface area (Å²) in [4.78, 5) is 13.6. The molecule has 0 spiro atoms. The molecule has 0 aliphatic rings. The summed E-state index contributed by atoms with van der Waals surface area (Å²) in [5.74, 6) is 0. The first-order valence-corrected chi connectivity index (χ1v) is 4.06. The number of hydrogen-bond acceptors (Lipinski definition) is 5. The zero-order valence-electron chi connectivity index (χ0n) is 7.62. The number of aliphatic hydroxyl groups is 1. The summed E-state index contributed by atoms with van der Waals surface area (Å²) in [5.41, 5.74) is 5.93. The first-order valence-electron chi connectivity index (χ1n) is 4.06. The van der Waals surface area contributed by atoms with Gasteiger partial charge < -0.3 is 10.8 Å². The van der Waals surface area contributed by atoms with Gasteiger partial charge in [-0.25, -0.2) is 0 Å². The second-order valence-corrected chi connectivity index (χ2v) is 2.96. The Balaban J connectivity index is 2.88. The zero-order valence-corrected chi connectivity index (χ0v) is 7.62. The summed E-state index contributed by atoms with van der Waals surface area (Å²) < 4.78 is 0. The van der Waals surface area contributed by atoms with Crippen LogP contribution in [-0.2, 0) is 0 Å². The average molecular weight is 197 g/mol. The third-order valence-electron chi connectivity index (χ3n) is 1.84. The number of aliphatic hydroxyl groups excluding tert-OH is 1. The van der Waals surface area contributed by atoms with E-state index in [2.05, 4.69) is 4.98 Å². The fourth-order valence-electron chi connectivity index (χ4n) is 0.950. The maximum Gasteiger partial charge on any atom is 0.287 e. The lowest BCUT2D eigenvalue weighted by atomic mass is 10.1. The lowest BCUT2D eigenvalue weighted by molar-refractivity contribution is -0.385. The van der Waals surface area contributed by atoms with Gasteiger partial charge in [0.1, 0.15) is 6.20 Å². The summed E-state index contributed by atoms with van der Waals surface area (Å²) in [7, 11) is 0. The molecule has 0 aliphatic carbocycles. The molecule has 0 aromatic carbocycles. The molecule has 0 fully saturated rings. The van der Waals surface area contributed by atoms with Gasteiger partial charge in [-0.2, -0.15) is 0 Å². The van der Waals surface area contributed by atoms with Crippen LogP contribution in [0.25, 0.3) is 0 Å². The van der Waals surface area contributed by atoms with E-state index in [4.69, 9.17) is 10.8 Å². The van der Waals surface area contributed by atoms with E-state index >= 15 is 0 Å². The van der Waals surface area contributed by atoms with Crippen LogP contribution in [-0.4, -0.2) is 21.1 Å². The van der Waals surface area contributed by atoms with Gasteiger partial charge in [0.2, 0.25) is 0 Å². The van der Waals surface area contributed by atoms with E-state index in [1.165, 1.54) is 19.1 Å². The number of rotatable bonds is 3. The second-order valence-electron chi connectivity index (χ2n) is 2.96. The Morgan fingerprint density at radius 3 is 2.64 bits per heavy atom. The summed E-state index contributed by atoms with van der Waals surface area (Å²) in [6, 6.07) is 2.14.